The van der Waals surface area contributed by atoms with Crippen molar-refractivity contribution < 1.29 is 68.6 Å². The van der Waals surface area contributed by atoms with E-state index in [1.807, 2.05) is 0 Å². The Bertz CT molecular complexity index is 1620. The molecule has 22 heteroatoms. The standard InChI is InChI=1S/C18H18N8O7S3.C3H4O3.Na/c1-25-18(22-12(28)13(29)23-25)36-4-6-3-34-15-9(14(30)26(15)10(6)16(31)32)21-11(27)8(24-33-2)7-5-35-17(19)20-7;1-2(4)3(5)6;/h5,9,15H,3-4H2,1-2H3,(H2,19,20)(H,21,27)(H,23,29)(H,31,32);1H3,(H,5,6);/q;;+1/p-1/b24-8-;;/t9-,15-;;/m1../s1. The van der Waals surface area contributed by atoms with E-state index in [2.05, 4.69) is 25.5 Å². The predicted molar refractivity (Wildman–Crippen MR) is 146 cm³/mol. The van der Waals surface area contributed by atoms with Crippen LogP contribution in [0.4, 0.5) is 5.13 Å². The number of oxime groups is 1. The monoisotopic (exact) mass is 664 g/mol. The third-order valence-corrected chi connectivity index (χ3v) is 8.44. The maximum atomic E-state index is 12.9. The molecule has 0 unspecified atom stereocenters. The van der Waals surface area contributed by atoms with Gasteiger partial charge in [-0.25, -0.2) is 9.78 Å². The van der Waals surface area contributed by atoms with Gasteiger partial charge in [0.25, 0.3) is 11.8 Å². The van der Waals surface area contributed by atoms with Crippen molar-refractivity contribution in [2.75, 3.05) is 24.3 Å². The van der Waals surface area contributed by atoms with Gasteiger partial charge in [0.2, 0.25) is 0 Å². The fraction of sp³-hybridized carbons (Fsp3) is 0.333. The Balaban J connectivity index is 0.000000837. The maximum absolute atomic E-state index is 12.9. The molecule has 0 radical (unpaired) electrons. The van der Waals surface area contributed by atoms with Gasteiger partial charge in [-0.1, -0.05) is 16.9 Å². The van der Waals surface area contributed by atoms with Crippen LogP contribution in [0.15, 0.2) is 36.6 Å². The van der Waals surface area contributed by atoms with Crippen molar-refractivity contribution >= 4 is 75.2 Å². The van der Waals surface area contributed by atoms with Crippen LogP contribution >= 0.6 is 34.9 Å². The van der Waals surface area contributed by atoms with E-state index < -0.39 is 52.1 Å². The molecule has 43 heavy (non-hydrogen) atoms. The molecule has 1 saturated heterocycles. The third kappa shape index (κ3) is 8.32. The maximum Gasteiger partial charge on any atom is 1.00 e. The molecule has 0 saturated carbocycles. The van der Waals surface area contributed by atoms with Crippen LogP contribution in [0.3, 0.4) is 0 Å². The van der Waals surface area contributed by atoms with E-state index >= 15 is 0 Å². The van der Waals surface area contributed by atoms with E-state index in [1.54, 1.807) is 0 Å². The number of aryl methyl sites for hydroxylation is 1. The molecule has 5 N–H and O–H groups in total. The molecule has 2 amide bonds. The molecule has 2 aromatic heterocycles. The summed E-state index contributed by atoms with van der Waals surface area (Å²) in [5.74, 6) is -4.86. The van der Waals surface area contributed by atoms with Crippen molar-refractivity contribution in [2.24, 2.45) is 12.2 Å². The van der Waals surface area contributed by atoms with Crippen LogP contribution in [0.25, 0.3) is 0 Å². The molecular weight excluding hydrogens is 643 g/mol. The SMILES string of the molecule is CC(=O)C(=O)[O-].CO/N=C(\C(=O)N[C@@H]1C(=O)N2C(C(=O)O)=C(CSc3nc(=O)c(=O)[nH]n3C)CS[C@H]12)c1csc(N)n1.[Na+]. The number of β-lactam (4-membered cyclic amide) rings is 1. The summed E-state index contributed by atoms with van der Waals surface area (Å²) in [6.07, 6.45) is 0. The van der Waals surface area contributed by atoms with Crippen molar-refractivity contribution in [3.63, 3.8) is 0 Å². The van der Waals surface area contributed by atoms with E-state index in [0.29, 0.717) is 5.57 Å². The number of rotatable bonds is 9. The van der Waals surface area contributed by atoms with Gasteiger partial charge in [-0.15, -0.1) is 23.1 Å². The predicted octanol–water partition coefficient (Wildman–Crippen LogP) is -6.28. The van der Waals surface area contributed by atoms with Crippen LogP contribution in [0.5, 0.6) is 0 Å². The molecule has 4 heterocycles. The summed E-state index contributed by atoms with van der Waals surface area (Å²) < 4.78 is 1.25. The van der Waals surface area contributed by atoms with Crippen molar-refractivity contribution in [1.82, 2.24) is 30.0 Å². The summed E-state index contributed by atoms with van der Waals surface area (Å²) in [4.78, 5) is 93.0. The van der Waals surface area contributed by atoms with E-state index in [4.69, 9.17) is 10.6 Å². The number of carbonyl (C=O) groups excluding carboxylic acids is 4. The molecule has 2 aliphatic heterocycles. The van der Waals surface area contributed by atoms with Gasteiger partial charge >= 0.3 is 46.6 Å². The van der Waals surface area contributed by atoms with Gasteiger partial charge in [0.05, 0.1) is 0 Å². The molecule has 2 atom stereocenters. The largest absolute Gasteiger partial charge is 1.00 e. The molecule has 0 aromatic carbocycles. The number of nitrogens with two attached hydrogens (primary N) is 1. The number of hydrogen-bond donors (Lipinski definition) is 4. The smallest absolute Gasteiger partial charge is 0.542 e. The summed E-state index contributed by atoms with van der Waals surface area (Å²) in [5, 5.41) is 28.9. The Labute approximate surface area is 275 Å². The number of nitrogens with zero attached hydrogens (tertiary/aromatic N) is 5. The van der Waals surface area contributed by atoms with Gasteiger partial charge in [0.15, 0.2) is 21.8 Å². The number of anilines is 1. The molecule has 224 valence electrons. The zero-order valence-corrected chi connectivity index (χ0v) is 27.3. The number of aromatic nitrogens is 4. The minimum absolute atomic E-state index is 0. The molecule has 0 bridgehead atoms. The first kappa shape index (κ1) is 35.7. The second-order valence-corrected chi connectivity index (χ2v) is 11.1. The molecule has 0 spiro atoms. The number of hydrogen-bond acceptors (Lipinski definition) is 16. The second kappa shape index (κ2) is 15.3. The van der Waals surface area contributed by atoms with Crippen LogP contribution in [0.2, 0.25) is 0 Å². The number of carboxylic acid groups (broad SMARTS) is 2. The Kier molecular flexibility index (Phi) is 12.7. The topological polar surface area (TPSA) is 272 Å². The Hall–Kier alpha value is -3.50. The average Bonchev–Trinajstić information content (AvgIpc) is 3.36. The molecule has 1 fully saturated rings. The number of aromatic amines is 1. The van der Waals surface area contributed by atoms with Gasteiger partial charge in [0, 0.05) is 30.9 Å². The van der Waals surface area contributed by atoms with Gasteiger partial charge in [0.1, 0.15) is 35.9 Å². The second-order valence-electron chi connectivity index (χ2n) is 8.14. The van der Waals surface area contributed by atoms with Crippen LogP contribution in [0.1, 0.15) is 12.6 Å². The van der Waals surface area contributed by atoms with Gasteiger partial charge in [-0.05, 0) is 5.57 Å². The molecule has 2 aromatic rings. The van der Waals surface area contributed by atoms with E-state index in [-0.39, 0.29) is 68.5 Å². The zero-order chi connectivity index (χ0) is 31.3. The number of thioether (sulfide) groups is 2. The fourth-order valence-electron chi connectivity index (χ4n) is 3.44. The number of nitrogens with one attached hydrogen (secondary N) is 2. The molecular formula is C21H21N8NaO10S3. The molecule has 0 aliphatic carbocycles. The number of amides is 2. The van der Waals surface area contributed by atoms with Crippen LogP contribution in [0, 0.1) is 0 Å². The number of aliphatic carboxylic acids is 2. The Morgan fingerprint density at radius 3 is 2.49 bits per heavy atom. The quantitative estimate of drug-likeness (QED) is 0.0485. The van der Waals surface area contributed by atoms with E-state index in [9.17, 15) is 43.8 Å². The first-order chi connectivity index (χ1) is 19.8. The number of H-pyrrole nitrogens is 1. The van der Waals surface area contributed by atoms with Crippen molar-refractivity contribution in [2.45, 2.75) is 23.5 Å². The number of thiazole rings is 1. The summed E-state index contributed by atoms with van der Waals surface area (Å²) in [6.45, 7) is 0.940. The first-order valence-electron chi connectivity index (χ1n) is 11.3. The van der Waals surface area contributed by atoms with Crippen molar-refractivity contribution in [3.05, 3.63) is 43.1 Å². The Morgan fingerprint density at radius 1 is 1.30 bits per heavy atom. The zero-order valence-electron chi connectivity index (χ0n) is 22.8. The minimum Gasteiger partial charge on any atom is -0.542 e. The number of ketones is 1. The summed E-state index contributed by atoms with van der Waals surface area (Å²) in [6, 6.07) is -0.995. The number of Topliss-reactive ketones (excluding diaryl/α,β-unsaturated/α-hetero) is 1. The first-order valence-corrected chi connectivity index (χ1v) is 14.2. The number of carboxylic acids is 2. The summed E-state index contributed by atoms with van der Waals surface area (Å²) in [7, 11) is 2.74. The number of fused-ring (bicyclic) bond motifs is 1. The Morgan fingerprint density at radius 2 is 1.95 bits per heavy atom. The van der Waals surface area contributed by atoms with Crippen molar-refractivity contribution in [3.8, 4) is 0 Å². The van der Waals surface area contributed by atoms with Crippen molar-refractivity contribution in [1.29, 1.82) is 0 Å². The van der Waals surface area contributed by atoms with Gasteiger partial charge in [-0.2, -0.15) is 4.98 Å². The third-order valence-electron chi connectivity index (χ3n) is 5.31. The number of carbonyl (C=O) groups is 5. The van der Waals surface area contributed by atoms with Crippen LogP contribution in [-0.2, 0) is 35.9 Å². The van der Waals surface area contributed by atoms with Gasteiger partial charge < -0.3 is 30.9 Å². The van der Waals surface area contributed by atoms with Gasteiger partial charge in [-0.3, -0.25) is 38.7 Å². The summed E-state index contributed by atoms with van der Waals surface area (Å²) >= 11 is 3.41. The number of nitrogen functional groups attached to an aromatic ring is 1. The van der Waals surface area contributed by atoms with Crippen LogP contribution in [-0.4, -0.2) is 95.0 Å². The minimum atomic E-state index is -1.63. The van der Waals surface area contributed by atoms with Crippen LogP contribution < -0.4 is 56.8 Å². The normalized spacial score (nSPS) is 17.4. The fourth-order valence-corrected chi connectivity index (χ4v) is 6.39. The summed E-state index contributed by atoms with van der Waals surface area (Å²) in [5.41, 5.74) is 4.00. The van der Waals surface area contributed by atoms with E-state index in [0.717, 1.165) is 34.9 Å². The molecule has 4 rings (SSSR count). The van der Waals surface area contributed by atoms with E-state index in [1.165, 1.54) is 36.0 Å². The average molecular weight is 665 g/mol. The molecule has 18 nitrogen and oxygen atoms in total. The molecule has 2 aliphatic rings.